The van der Waals surface area contributed by atoms with E-state index in [0.29, 0.717) is 6.42 Å². The van der Waals surface area contributed by atoms with Crippen LogP contribution in [0.1, 0.15) is 84.0 Å². The van der Waals surface area contributed by atoms with Gasteiger partial charge in [-0.05, 0) is 6.42 Å². The standard InChI is InChI=1S/C18H32N4O3/c1-2-3-4-5-6-7-8-9-10-11-12-16(18(24)25)13-17(23)21-22-14-19-20-15-22/h14-16H,2-13H2,1H3,(H,21,23)(H,24,25). The number of aliphatic carboxylic acids is 1. The number of carbonyl (C=O) groups is 2. The molecule has 0 bridgehead atoms. The number of aromatic nitrogens is 3. The maximum atomic E-state index is 11.9. The highest BCUT2D eigenvalue weighted by Crippen LogP contribution is 2.16. The van der Waals surface area contributed by atoms with Crippen LogP contribution in [-0.4, -0.2) is 31.9 Å². The third kappa shape index (κ3) is 10.5. The average Bonchev–Trinajstić information content (AvgIpc) is 3.08. The van der Waals surface area contributed by atoms with Crippen molar-refractivity contribution in [3.05, 3.63) is 12.7 Å². The largest absolute Gasteiger partial charge is 0.481 e. The predicted molar refractivity (Wildman–Crippen MR) is 96.6 cm³/mol. The first-order valence-corrected chi connectivity index (χ1v) is 9.50. The fourth-order valence-electron chi connectivity index (χ4n) is 2.86. The Bertz CT molecular complexity index is 477. The third-order valence-electron chi connectivity index (χ3n) is 4.36. The molecule has 0 fully saturated rings. The first-order valence-electron chi connectivity index (χ1n) is 9.50. The Hall–Kier alpha value is -1.92. The molecule has 1 aromatic rings. The summed E-state index contributed by atoms with van der Waals surface area (Å²) in [7, 11) is 0. The number of nitrogens with zero attached hydrogens (tertiary/aromatic N) is 3. The molecule has 0 radical (unpaired) electrons. The van der Waals surface area contributed by atoms with E-state index >= 15 is 0 Å². The average molecular weight is 352 g/mol. The Labute approximate surface area is 150 Å². The summed E-state index contributed by atoms with van der Waals surface area (Å²) in [4.78, 5) is 23.2. The molecule has 1 unspecified atom stereocenters. The van der Waals surface area contributed by atoms with Crippen LogP contribution in [0.3, 0.4) is 0 Å². The number of nitrogens with one attached hydrogen (secondary N) is 1. The van der Waals surface area contributed by atoms with Crippen molar-refractivity contribution >= 4 is 11.9 Å². The second-order valence-electron chi connectivity index (χ2n) is 6.61. The molecule has 25 heavy (non-hydrogen) atoms. The fraction of sp³-hybridized carbons (Fsp3) is 0.778. The van der Waals surface area contributed by atoms with E-state index in [1.807, 2.05) is 0 Å². The number of rotatable bonds is 15. The van der Waals surface area contributed by atoms with Crippen LogP contribution in [0.4, 0.5) is 0 Å². The molecule has 0 spiro atoms. The molecule has 142 valence electrons. The Morgan fingerprint density at radius 1 is 0.960 bits per heavy atom. The zero-order valence-electron chi connectivity index (χ0n) is 15.3. The lowest BCUT2D eigenvalue weighted by molar-refractivity contribution is -0.143. The molecule has 1 amide bonds. The Kier molecular flexibility index (Phi) is 11.3. The van der Waals surface area contributed by atoms with Gasteiger partial charge in [-0.2, -0.15) is 0 Å². The number of amides is 1. The summed E-state index contributed by atoms with van der Waals surface area (Å²) in [6.07, 6.45) is 15.4. The number of carboxylic acids is 1. The van der Waals surface area contributed by atoms with E-state index in [0.717, 1.165) is 19.3 Å². The second-order valence-corrected chi connectivity index (χ2v) is 6.61. The van der Waals surface area contributed by atoms with Crippen LogP contribution in [0.15, 0.2) is 12.7 Å². The lowest BCUT2D eigenvalue weighted by Crippen LogP contribution is -2.27. The fourth-order valence-corrected chi connectivity index (χ4v) is 2.86. The van der Waals surface area contributed by atoms with Gasteiger partial charge in [-0.3, -0.25) is 15.0 Å². The van der Waals surface area contributed by atoms with E-state index in [1.165, 1.54) is 62.3 Å². The van der Waals surface area contributed by atoms with Crippen LogP contribution in [0.25, 0.3) is 0 Å². The van der Waals surface area contributed by atoms with Crippen LogP contribution >= 0.6 is 0 Å². The number of carboxylic acid groups (broad SMARTS) is 1. The molecule has 1 aromatic heterocycles. The van der Waals surface area contributed by atoms with Crippen molar-refractivity contribution in [1.82, 2.24) is 14.9 Å². The summed E-state index contributed by atoms with van der Waals surface area (Å²) in [5.74, 6) is -1.88. The van der Waals surface area contributed by atoms with Crippen molar-refractivity contribution in [1.29, 1.82) is 0 Å². The topological polar surface area (TPSA) is 97.1 Å². The van der Waals surface area contributed by atoms with Crippen molar-refractivity contribution in [3.63, 3.8) is 0 Å². The van der Waals surface area contributed by atoms with Gasteiger partial charge in [0, 0.05) is 6.42 Å². The van der Waals surface area contributed by atoms with Gasteiger partial charge in [0.05, 0.1) is 5.92 Å². The highest BCUT2D eigenvalue weighted by atomic mass is 16.4. The summed E-state index contributed by atoms with van der Waals surface area (Å²) in [5, 5.41) is 16.4. The zero-order valence-corrected chi connectivity index (χ0v) is 15.3. The van der Waals surface area contributed by atoms with E-state index in [1.54, 1.807) is 0 Å². The van der Waals surface area contributed by atoms with Crippen molar-refractivity contribution < 1.29 is 14.7 Å². The molecule has 2 N–H and O–H groups in total. The van der Waals surface area contributed by atoms with E-state index in [9.17, 15) is 14.7 Å². The highest BCUT2D eigenvalue weighted by Gasteiger charge is 2.20. The van der Waals surface area contributed by atoms with Crippen molar-refractivity contribution in [2.45, 2.75) is 84.0 Å². The summed E-state index contributed by atoms with van der Waals surface area (Å²) in [5.41, 5.74) is 2.54. The highest BCUT2D eigenvalue weighted by molar-refractivity contribution is 5.87. The van der Waals surface area contributed by atoms with Gasteiger partial charge in [-0.1, -0.05) is 71.1 Å². The molecule has 7 heteroatoms. The van der Waals surface area contributed by atoms with Crippen LogP contribution in [0.2, 0.25) is 0 Å². The molecular formula is C18H32N4O3. The van der Waals surface area contributed by atoms with E-state index in [-0.39, 0.29) is 12.3 Å². The number of carbonyl (C=O) groups excluding carboxylic acids is 1. The van der Waals surface area contributed by atoms with Gasteiger partial charge < -0.3 is 5.11 Å². The lowest BCUT2D eigenvalue weighted by atomic mass is 9.97. The number of unbranched alkanes of at least 4 members (excludes halogenated alkanes) is 9. The molecule has 1 heterocycles. The molecule has 0 aromatic carbocycles. The van der Waals surface area contributed by atoms with Crippen molar-refractivity contribution in [2.24, 2.45) is 5.92 Å². The van der Waals surface area contributed by atoms with Crippen LogP contribution < -0.4 is 5.43 Å². The van der Waals surface area contributed by atoms with Crippen LogP contribution in [-0.2, 0) is 9.59 Å². The number of hydrogen-bond donors (Lipinski definition) is 2. The summed E-state index contributed by atoms with van der Waals surface area (Å²) < 4.78 is 1.32. The normalized spacial score (nSPS) is 12.0. The van der Waals surface area contributed by atoms with Gasteiger partial charge in [0.15, 0.2) is 0 Å². The van der Waals surface area contributed by atoms with E-state index in [2.05, 4.69) is 22.5 Å². The third-order valence-corrected chi connectivity index (χ3v) is 4.36. The van der Waals surface area contributed by atoms with Gasteiger partial charge in [-0.25, -0.2) is 4.68 Å². The Morgan fingerprint density at radius 3 is 2.00 bits per heavy atom. The number of hydrogen-bond acceptors (Lipinski definition) is 4. The minimum atomic E-state index is -0.908. The minimum Gasteiger partial charge on any atom is -0.481 e. The molecule has 0 aliphatic carbocycles. The first kappa shape index (κ1) is 21.1. The smallest absolute Gasteiger partial charge is 0.307 e. The maximum Gasteiger partial charge on any atom is 0.307 e. The van der Waals surface area contributed by atoms with Gasteiger partial charge in [0.1, 0.15) is 12.7 Å². The predicted octanol–water partition coefficient (Wildman–Crippen LogP) is 3.75. The Balaban J connectivity index is 2.08. The second kappa shape index (κ2) is 13.4. The molecular weight excluding hydrogens is 320 g/mol. The SMILES string of the molecule is CCCCCCCCCCCCC(CC(=O)Nn1cnnc1)C(=O)O. The Morgan fingerprint density at radius 2 is 1.48 bits per heavy atom. The summed E-state index contributed by atoms with van der Waals surface area (Å²) in [6, 6.07) is 0. The maximum absolute atomic E-state index is 11.9. The monoisotopic (exact) mass is 352 g/mol. The van der Waals surface area contributed by atoms with Crippen LogP contribution in [0, 0.1) is 5.92 Å². The van der Waals surface area contributed by atoms with Gasteiger partial charge in [0.2, 0.25) is 5.91 Å². The zero-order chi connectivity index (χ0) is 18.3. The quantitative estimate of drug-likeness (QED) is 0.469. The van der Waals surface area contributed by atoms with E-state index in [4.69, 9.17) is 0 Å². The molecule has 1 rings (SSSR count). The molecule has 7 nitrogen and oxygen atoms in total. The van der Waals surface area contributed by atoms with Gasteiger partial charge in [-0.15, -0.1) is 10.2 Å². The minimum absolute atomic E-state index is 0.0229. The van der Waals surface area contributed by atoms with Crippen molar-refractivity contribution in [3.8, 4) is 0 Å². The molecule has 1 atom stereocenters. The van der Waals surface area contributed by atoms with Crippen molar-refractivity contribution in [2.75, 3.05) is 5.43 Å². The van der Waals surface area contributed by atoms with Gasteiger partial charge >= 0.3 is 5.97 Å². The molecule has 0 aliphatic rings. The summed E-state index contributed by atoms with van der Waals surface area (Å²) >= 11 is 0. The van der Waals surface area contributed by atoms with Gasteiger partial charge in [0.25, 0.3) is 0 Å². The molecule has 0 aliphatic heterocycles. The molecule has 0 saturated heterocycles. The van der Waals surface area contributed by atoms with E-state index < -0.39 is 11.9 Å². The summed E-state index contributed by atoms with van der Waals surface area (Å²) in [6.45, 7) is 2.23. The van der Waals surface area contributed by atoms with Crippen LogP contribution in [0.5, 0.6) is 0 Å². The lowest BCUT2D eigenvalue weighted by Gasteiger charge is -2.12. The first-order chi connectivity index (χ1) is 12.1. The molecule has 0 saturated carbocycles.